The average Bonchev–Trinajstić information content (AvgIpc) is 2.65. The standard InChI is InChI=1S/C21H25NO5Si/c1-26-18-12-10-15(14-19(18)27-2)11-13-20(23)22(28(3,4)5)17-9-7-6-8-16(17)21(24)25/h6-14H,1-5H3,(H,24,25). The van der Waals surface area contributed by atoms with Crippen molar-refractivity contribution in [3.63, 3.8) is 0 Å². The Kier molecular flexibility index (Phi) is 6.64. The van der Waals surface area contributed by atoms with Gasteiger partial charge in [-0.2, -0.15) is 0 Å². The lowest BCUT2D eigenvalue weighted by atomic mass is 10.1. The largest absolute Gasteiger partial charge is 0.493 e. The van der Waals surface area contributed by atoms with E-state index in [4.69, 9.17) is 9.47 Å². The molecule has 0 heterocycles. The number of nitrogens with zero attached hydrogens (tertiary/aromatic N) is 1. The number of hydrogen-bond acceptors (Lipinski definition) is 4. The maximum atomic E-state index is 13.0. The number of carboxylic acids is 1. The van der Waals surface area contributed by atoms with Crippen LogP contribution in [0.25, 0.3) is 6.08 Å². The van der Waals surface area contributed by atoms with Crippen LogP contribution in [0.15, 0.2) is 48.5 Å². The molecule has 148 valence electrons. The molecule has 0 saturated carbocycles. The van der Waals surface area contributed by atoms with Gasteiger partial charge in [0.2, 0.25) is 5.91 Å². The summed E-state index contributed by atoms with van der Waals surface area (Å²) in [6.07, 6.45) is 3.14. The van der Waals surface area contributed by atoms with Crippen molar-refractivity contribution < 1.29 is 24.2 Å². The summed E-state index contributed by atoms with van der Waals surface area (Å²) < 4.78 is 12.1. The van der Waals surface area contributed by atoms with Crippen molar-refractivity contribution in [1.82, 2.24) is 0 Å². The second kappa shape index (κ2) is 8.75. The molecule has 0 atom stereocenters. The summed E-state index contributed by atoms with van der Waals surface area (Å²) in [5.74, 6) is -0.154. The molecule has 1 N–H and O–H groups in total. The zero-order valence-corrected chi connectivity index (χ0v) is 17.7. The van der Waals surface area contributed by atoms with Gasteiger partial charge < -0.3 is 19.1 Å². The van der Waals surface area contributed by atoms with Gasteiger partial charge in [-0.1, -0.05) is 37.8 Å². The van der Waals surface area contributed by atoms with Crippen LogP contribution in [0.2, 0.25) is 19.6 Å². The highest BCUT2D eigenvalue weighted by Gasteiger charge is 2.31. The van der Waals surface area contributed by atoms with E-state index >= 15 is 0 Å². The fourth-order valence-electron chi connectivity index (χ4n) is 2.86. The van der Waals surface area contributed by atoms with Gasteiger partial charge in [0.1, 0.15) is 0 Å². The first-order valence-electron chi connectivity index (χ1n) is 8.75. The van der Waals surface area contributed by atoms with Crippen LogP contribution in [-0.2, 0) is 4.79 Å². The molecule has 0 aliphatic carbocycles. The minimum absolute atomic E-state index is 0.109. The first kappa shape index (κ1) is 21.2. The van der Waals surface area contributed by atoms with E-state index in [9.17, 15) is 14.7 Å². The Labute approximate surface area is 166 Å². The van der Waals surface area contributed by atoms with Crippen molar-refractivity contribution in [3.8, 4) is 11.5 Å². The van der Waals surface area contributed by atoms with Gasteiger partial charge in [-0.15, -0.1) is 0 Å². The van der Waals surface area contributed by atoms with E-state index in [1.165, 1.54) is 12.1 Å². The van der Waals surface area contributed by atoms with Crippen molar-refractivity contribution in [3.05, 3.63) is 59.7 Å². The Morgan fingerprint density at radius 1 is 1.00 bits per heavy atom. The number of methoxy groups -OCH3 is 2. The number of amides is 1. The van der Waals surface area contributed by atoms with Crippen LogP contribution in [0.4, 0.5) is 5.69 Å². The normalized spacial score (nSPS) is 11.3. The Balaban J connectivity index is 2.41. The van der Waals surface area contributed by atoms with Gasteiger partial charge in [-0.25, -0.2) is 4.79 Å². The second-order valence-electron chi connectivity index (χ2n) is 7.11. The number of carbonyl (C=O) groups excluding carboxylic acids is 1. The number of hydrogen-bond donors (Lipinski definition) is 1. The number of aromatic carboxylic acids is 1. The van der Waals surface area contributed by atoms with Crippen molar-refractivity contribution in [1.29, 1.82) is 0 Å². The molecule has 0 aliphatic rings. The predicted octanol–water partition coefficient (Wildman–Crippen LogP) is 4.28. The van der Waals surface area contributed by atoms with E-state index < -0.39 is 14.2 Å². The molecule has 0 aromatic heterocycles. The Hall–Kier alpha value is -3.06. The summed E-state index contributed by atoms with van der Waals surface area (Å²) in [4.78, 5) is 24.7. The lowest BCUT2D eigenvalue weighted by Gasteiger charge is -2.34. The van der Waals surface area contributed by atoms with E-state index in [-0.39, 0.29) is 11.5 Å². The van der Waals surface area contributed by atoms with Gasteiger partial charge in [0.15, 0.2) is 19.7 Å². The third-order valence-corrected chi connectivity index (χ3v) is 5.90. The van der Waals surface area contributed by atoms with Crippen LogP contribution >= 0.6 is 0 Å². The first-order chi connectivity index (χ1) is 13.2. The Bertz CT molecular complexity index is 902. The topological polar surface area (TPSA) is 76.1 Å². The van der Waals surface area contributed by atoms with Gasteiger partial charge >= 0.3 is 5.97 Å². The lowest BCUT2D eigenvalue weighted by Crippen LogP contribution is -2.50. The van der Waals surface area contributed by atoms with Crippen molar-refractivity contribution in [2.45, 2.75) is 19.6 Å². The van der Waals surface area contributed by atoms with Gasteiger partial charge in [-0.05, 0) is 35.9 Å². The van der Waals surface area contributed by atoms with Crippen molar-refractivity contribution >= 4 is 31.9 Å². The smallest absolute Gasteiger partial charge is 0.337 e. The highest BCUT2D eigenvalue weighted by molar-refractivity contribution is 6.83. The molecule has 7 heteroatoms. The van der Waals surface area contributed by atoms with Crippen molar-refractivity contribution in [2.75, 3.05) is 18.8 Å². The highest BCUT2D eigenvalue weighted by Crippen LogP contribution is 2.29. The van der Waals surface area contributed by atoms with Gasteiger partial charge in [0.05, 0.1) is 25.5 Å². The molecule has 0 fully saturated rings. The predicted molar refractivity (Wildman–Crippen MR) is 113 cm³/mol. The molecule has 0 aliphatic heterocycles. The van der Waals surface area contributed by atoms with Crippen LogP contribution in [0.1, 0.15) is 15.9 Å². The Morgan fingerprint density at radius 3 is 2.21 bits per heavy atom. The second-order valence-corrected chi connectivity index (χ2v) is 11.9. The number of rotatable bonds is 7. The van der Waals surface area contributed by atoms with Crippen LogP contribution < -0.4 is 14.0 Å². The molecule has 0 bridgehead atoms. The van der Waals surface area contributed by atoms with Gasteiger partial charge in [0, 0.05) is 6.08 Å². The minimum Gasteiger partial charge on any atom is -0.493 e. The van der Waals surface area contributed by atoms with Crippen LogP contribution in [0, 0.1) is 0 Å². The summed E-state index contributed by atoms with van der Waals surface area (Å²) in [6, 6.07) is 11.9. The number of para-hydroxylation sites is 1. The first-order valence-corrected chi connectivity index (χ1v) is 12.2. The van der Waals surface area contributed by atoms with E-state index in [2.05, 4.69) is 0 Å². The van der Waals surface area contributed by atoms with E-state index in [0.717, 1.165) is 5.56 Å². The molecule has 0 unspecified atom stereocenters. The summed E-state index contributed by atoms with van der Waals surface area (Å²) in [5, 5.41) is 9.51. The molecule has 1 amide bonds. The molecule has 0 radical (unpaired) electrons. The monoisotopic (exact) mass is 399 g/mol. The summed E-state index contributed by atoms with van der Waals surface area (Å²) in [5.41, 5.74) is 1.29. The lowest BCUT2D eigenvalue weighted by molar-refractivity contribution is -0.113. The molecular weight excluding hydrogens is 374 g/mol. The quantitative estimate of drug-likeness (QED) is 0.555. The summed E-state index contributed by atoms with van der Waals surface area (Å²) >= 11 is 0. The molecule has 2 aromatic carbocycles. The molecule has 6 nitrogen and oxygen atoms in total. The van der Waals surface area contributed by atoms with Gasteiger partial charge in [0.25, 0.3) is 0 Å². The van der Waals surface area contributed by atoms with E-state index in [0.29, 0.717) is 17.2 Å². The van der Waals surface area contributed by atoms with E-state index in [1.807, 2.05) is 25.7 Å². The minimum atomic E-state index is -2.21. The molecule has 2 rings (SSSR count). The number of anilines is 1. The zero-order valence-electron chi connectivity index (χ0n) is 16.7. The third-order valence-electron chi connectivity index (χ3n) is 4.09. The van der Waals surface area contributed by atoms with Crippen LogP contribution in [0.5, 0.6) is 11.5 Å². The maximum Gasteiger partial charge on any atom is 0.337 e. The number of benzene rings is 2. The van der Waals surface area contributed by atoms with Crippen LogP contribution in [-0.4, -0.2) is 39.4 Å². The molecule has 28 heavy (non-hydrogen) atoms. The zero-order chi connectivity index (χ0) is 20.9. The third kappa shape index (κ3) is 4.80. The van der Waals surface area contributed by atoms with Crippen molar-refractivity contribution in [2.24, 2.45) is 0 Å². The van der Waals surface area contributed by atoms with Crippen LogP contribution in [0.3, 0.4) is 0 Å². The average molecular weight is 400 g/mol. The number of ether oxygens (including phenoxy) is 2. The fourth-order valence-corrected chi connectivity index (χ4v) is 4.51. The molecule has 2 aromatic rings. The molecule has 0 saturated heterocycles. The van der Waals surface area contributed by atoms with E-state index in [1.54, 1.807) is 55.2 Å². The fraction of sp³-hybridized carbons (Fsp3) is 0.238. The molecule has 0 spiro atoms. The Morgan fingerprint density at radius 2 is 1.64 bits per heavy atom. The highest BCUT2D eigenvalue weighted by atomic mass is 28.3. The summed E-state index contributed by atoms with van der Waals surface area (Å²) in [6.45, 7) is 5.98. The number of carboxylic acid groups (broad SMARTS) is 1. The van der Waals surface area contributed by atoms with Gasteiger partial charge in [-0.3, -0.25) is 4.79 Å². The number of carbonyl (C=O) groups is 2. The summed E-state index contributed by atoms with van der Waals surface area (Å²) in [7, 11) is 0.892. The maximum absolute atomic E-state index is 13.0. The SMILES string of the molecule is COc1ccc(C=CC(=O)N(c2ccccc2C(=O)O)[Si](C)(C)C)cc1OC. The molecular formula is C21H25NO5Si.